The summed E-state index contributed by atoms with van der Waals surface area (Å²) in [5.41, 5.74) is 6.25. The minimum absolute atomic E-state index is 0.537. The van der Waals surface area contributed by atoms with Gasteiger partial charge in [-0.1, -0.05) is 30.3 Å². The van der Waals surface area contributed by atoms with Crippen LogP contribution in [0.4, 0.5) is 11.5 Å². The van der Waals surface area contributed by atoms with Crippen molar-refractivity contribution < 1.29 is 0 Å². The lowest BCUT2D eigenvalue weighted by Gasteiger charge is -2.19. The highest BCUT2D eigenvalue weighted by molar-refractivity contribution is 5.66. The SMILES string of the molecule is CN(Cc1ccccc1)c1cc(-c2cn[nH]c2)n2nc(CNc3ccc(C#N)cc3)cc2n1. The van der Waals surface area contributed by atoms with Crippen molar-refractivity contribution in [2.75, 3.05) is 17.3 Å². The molecular formula is C25H22N8. The number of hydrogen-bond acceptors (Lipinski definition) is 6. The Morgan fingerprint density at radius 2 is 1.91 bits per heavy atom. The highest BCUT2D eigenvalue weighted by Gasteiger charge is 2.14. The molecule has 5 aromatic rings. The quantitative estimate of drug-likeness (QED) is 0.398. The third-order valence-electron chi connectivity index (χ3n) is 5.40. The third kappa shape index (κ3) is 4.38. The van der Waals surface area contributed by atoms with Crippen molar-refractivity contribution in [3.8, 4) is 17.3 Å². The maximum Gasteiger partial charge on any atom is 0.158 e. The maximum atomic E-state index is 8.97. The van der Waals surface area contributed by atoms with Crippen LogP contribution in [0.5, 0.6) is 0 Å². The van der Waals surface area contributed by atoms with Crippen LogP contribution in [-0.2, 0) is 13.1 Å². The number of benzene rings is 2. The summed E-state index contributed by atoms with van der Waals surface area (Å²) in [6.07, 6.45) is 3.64. The normalized spacial score (nSPS) is 10.8. The number of aromatic nitrogens is 5. The summed E-state index contributed by atoms with van der Waals surface area (Å²) in [6.45, 7) is 1.28. The van der Waals surface area contributed by atoms with Gasteiger partial charge in [-0.15, -0.1) is 0 Å². The van der Waals surface area contributed by atoms with E-state index in [0.717, 1.165) is 40.6 Å². The minimum atomic E-state index is 0.537. The summed E-state index contributed by atoms with van der Waals surface area (Å²) >= 11 is 0. The fourth-order valence-corrected chi connectivity index (χ4v) is 3.68. The Morgan fingerprint density at radius 1 is 1.09 bits per heavy atom. The molecule has 8 nitrogen and oxygen atoms in total. The zero-order valence-electron chi connectivity index (χ0n) is 18.1. The summed E-state index contributed by atoms with van der Waals surface area (Å²) in [5, 5.41) is 24.1. The molecule has 2 N–H and O–H groups in total. The van der Waals surface area contributed by atoms with Crippen molar-refractivity contribution in [1.29, 1.82) is 5.26 Å². The molecular weight excluding hydrogens is 412 g/mol. The average Bonchev–Trinajstić information content (AvgIpc) is 3.53. The van der Waals surface area contributed by atoms with Crippen molar-refractivity contribution in [1.82, 2.24) is 24.8 Å². The minimum Gasteiger partial charge on any atom is -0.379 e. The zero-order chi connectivity index (χ0) is 22.6. The smallest absolute Gasteiger partial charge is 0.158 e. The van der Waals surface area contributed by atoms with E-state index in [1.165, 1.54) is 5.56 Å². The molecule has 0 amide bonds. The van der Waals surface area contributed by atoms with Crippen LogP contribution in [0.3, 0.4) is 0 Å². The van der Waals surface area contributed by atoms with Crippen LogP contribution in [0.25, 0.3) is 16.9 Å². The first kappa shape index (κ1) is 20.3. The molecule has 2 aromatic carbocycles. The van der Waals surface area contributed by atoms with Crippen molar-refractivity contribution in [3.63, 3.8) is 0 Å². The number of fused-ring (bicyclic) bond motifs is 1. The predicted octanol–water partition coefficient (Wildman–Crippen LogP) is 4.24. The van der Waals surface area contributed by atoms with Crippen molar-refractivity contribution in [2.45, 2.75) is 13.1 Å². The van der Waals surface area contributed by atoms with Gasteiger partial charge in [0, 0.05) is 43.2 Å². The molecule has 0 bridgehead atoms. The number of H-pyrrole nitrogens is 1. The molecule has 33 heavy (non-hydrogen) atoms. The molecule has 0 saturated carbocycles. The number of nitriles is 1. The number of aromatic amines is 1. The molecule has 5 rings (SSSR count). The summed E-state index contributed by atoms with van der Waals surface area (Å²) in [4.78, 5) is 7.00. The van der Waals surface area contributed by atoms with Gasteiger partial charge in [0.25, 0.3) is 0 Å². The van der Waals surface area contributed by atoms with E-state index in [0.29, 0.717) is 12.1 Å². The topological polar surface area (TPSA) is 97.9 Å². The lowest BCUT2D eigenvalue weighted by Crippen LogP contribution is -2.18. The largest absolute Gasteiger partial charge is 0.379 e. The molecule has 0 fully saturated rings. The lowest BCUT2D eigenvalue weighted by atomic mass is 10.2. The Morgan fingerprint density at radius 3 is 2.64 bits per heavy atom. The molecule has 0 saturated heterocycles. The molecule has 0 aliphatic heterocycles. The Kier molecular flexibility index (Phi) is 5.43. The van der Waals surface area contributed by atoms with E-state index in [-0.39, 0.29) is 0 Å². The predicted molar refractivity (Wildman–Crippen MR) is 128 cm³/mol. The second-order valence-corrected chi connectivity index (χ2v) is 7.78. The number of nitrogens with one attached hydrogen (secondary N) is 2. The second-order valence-electron chi connectivity index (χ2n) is 7.78. The Labute approximate surface area is 191 Å². The van der Waals surface area contributed by atoms with Gasteiger partial charge < -0.3 is 10.2 Å². The lowest BCUT2D eigenvalue weighted by molar-refractivity contribution is 0.868. The summed E-state index contributed by atoms with van der Waals surface area (Å²) in [6, 6.07) is 23.8. The molecule has 0 atom stereocenters. The van der Waals surface area contributed by atoms with Crippen molar-refractivity contribution >= 4 is 17.2 Å². The van der Waals surface area contributed by atoms with E-state index < -0.39 is 0 Å². The number of rotatable bonds is 7. The molecule has 3 heterocycles. The first-order valence-corrected chi connectivity index (χ1v) is 10.6. The van der Waals surface area contributed by atoms with Crippen LogP contribution in [0.2, 0.25) is 0 Å². The van der Waals surface area contributed by atoms with Crippen molar-refractivity contribution in [3.05, 3.63) is 95.9 Å². The van der Waals surface area contributed by atoms with Gasteiger partial charge >= 0.3 is 0 Å². The Bertz CT molecular complexity index is 1400. The summed E-state index contributed by atoms with van der Waals surface area (Å²) < 4.78 is 1.85. The van der Waals surface area contributed by atoms with Gasteiger partial charge in [-0.25, -0.2) is 9.50 Å². The standard InChI is InChI=1S/C25H22N8/c1-32(17-19-5-3-2-4-6-19)24-12-23(20-14-28-29-15-20)33-25(30-24)11-22(31-33)16-27-21-9-7-18(13-26)8-10-21/h2-12,14-15,27H,16-17H2,1H3,(H,28,29). The molecule has 8 heteroatoms. The first-order chi connectivity index (χ1) is 16.2. The zero-order valence-corrected chi connectivity index (χ0v) is 18.1. The molecule has 0 aliphatic carbocycles. The molecule has 0 aliphatic rings. The molecule has 3 aromatic heterocycles. The average molecular weight is 435 g/mol. The molecule has 162 valence electrons. The Hall–Kier alpha value is -4.64. The fourth-order valence-electron chi connectivity index (χ4n) is 3.68. The highest BCUT2D eigenvalue weighted by Crippen LogP contribution is 2.25. The third-order valence-corrected chi connectivity index (χ3v) is 5.40. The molecule has 0 unspecified atom stereocenters. The van der Waals surface area contributed by atoms with Gasteiger partial charge in [0.05, 0.1) is 35.8 Å². The number of nitrogens with zero attached hydrogens (tertiary/aromatic N) is 6. The van der Waals surface area contributed by atoms with Crippen LogP contribution in [0.15, 0.2) is 79.1 Å². The van der Waals surface area contributed by atoms with E-state index in [4.69, 9.17) is 15.3 Å². The summed E-state index contributed by atoms with van der Waals surface area (Å²) in [7, 11) is 2.04. The van der Waals surface area contributed by atoms with Gasteiger partial charge in [0.1, 0.15) is 5.82 Å². The second kappa shape index (κ2) is 8.85. The Balaban J connectivity index is 1.45. The maximum absolute atomic E-state index is 8.97. The van der Waals surface area contributed by atoms with E-state index in [2.05, 4.69) is 38.6 Å². The van der Waals surface area contributed by atoms with Gasteiger partial charge in [0.2, 0.25) is 0 Å². The van der Waals surface area contributed by atoms with Crippen molar-refractivity contribution in [2.24, 2.45) is 0 Å². The van der Waals surface area contributed by atoms with Gasteiger partial charge in [0.15, 0.2) is 5.65 Å². The van der Waals surface area contributed by atoms with Crippen LogP contribution in [-0.4, -0.2) is 31.8 Å². The molecule has 0 radical (unpaired) electrons. The van der Waals surface area contributed by atoms with Crippen LogP contribution in [0, 0.1) is 11.3 Å². The highest BCUT2D eigenvalue weighted by atomic mass is 15.3. The van der Waals surface area contributed by atoms with Gasteiger partial charge in [-0.05, 0) is 29.8 Å². The van der Waals surface area contributed by atoms with E-state index in [9.17, 15) is 0 Å². The summed E-state index contributed by atoms with van der Waals surface area (Å²) in [5.74, 6) is 0.856. The van der Waals surface area contributed by atoms with E-state index in [1.54, 1.807) is 18.3 Å². The monoisotopic (exact) mass is 434 g/mol. The van der Waals surface area contributed by atoms with Gasteiger partial charge in [-0.2, -0.15) is 15.5 Å². The number of hydrogen-bond donors (Lipinski definition) is 2. The first-order valence-electron chi connectivity index (χ1n) is 10.6. The van der Waals surface area contributed by atoms with Crippen LogP contribution < -0.4 is 10.2 Å². The number of anilines is 2. The van der Waals surface area contributed by atoms with E-state index in [1.807, 2.05) is 60.2 Å². The molecule has 0 spiro atoms. The van der Waals surface area contributed by atoms with Gasteiger partial charge in [-0.3, -0.25) is 5.10 Å². The van der Waals surface area contributed by atoms with Crippen LogP contribution in [0.1, 0.15) is 16.8 Å². The fraction of sp³-hybridized carbons (Fsp3) is 0.120. The van der Waals surface area contributed by atoms with E-state index >= 15 is 0 Å². The van der Waals surface area contributed by atoms with Crippen LogP contribution >= 0.6 is 0 Å².